The average molecular weight is 265 g/mol. The summed E-state index contributed by atoms with van der Waals surface area (Å²) < 4.78 is 16.3. The van der Waals surface area contributed by atoms with Gasteiger partial charge < -0.3 is 19.1 Å². The molecule has 0 aliphatic carbocycles. The van der Waals surface area contributed by atoms with Crippen LogP contribution in [0.25, 0.3) is 0 Å². The number of ether oxygens (including phenoxy) is 3. The van der Waals surface area contributed by atoms with Crippen LogP contribution >= 0.6 is 0 Å². The van der Waals surface area contributed by atoms with E-state index in [4.69, 9.17) is 14.2 Å². The van der Waals surface area contributed by atoms with Crippen LogP contribution in [0.5, 0.6) is 17.2 Å². The molecule has 19 heavy (non-hydrogen) atoms. The second-order valence-electron chi connectivity index (χ2n) is 4.93. The van der Waals surface area contributed by atoms with Crippen LogP contribution in [-0.2, 0) is 0 Å². The zero-order chi connectivity index (χ0) is 13.7. The molecule has 1 aromatic carbocycles. The molecular weight excluding hydrogens is 242 g/mol. The van der Waals surface area contributed by atoms with Crippen molar-refractivity contribution in [1.82, 2.24) is 4.90 Å². The van der Waals surface area contributed by atoms with E-state index in [9.17, 15) is 0 Å². The summed E-state index contributed by atoms with van der Waals surface area (Å²) in [5.41, 5.74) is 0. The topological polar surface area (TPSA) is 30.9 Å². The van der Waals surface area contributed by atoms with Crippen molar-refractivity contribution in [3.63, 3.8) is 0 Å². The summed E-state index contributed by atoms with van der Waals surface area (Å²) in [6.07, 6.45) is 3.66. The zero-order valence-electron chi connectivity index (χ0n) is 12.0. The molecule has 0 amide bonds. The lowest BCUT2D eigenvalue weighted by molar-refractivity contribution is 0.232. The fourth-order valence-electron chi connectivity index (χ4n) is 2.56. The van der Waals surface area contributed by atoms with E-state index in [2.05, 4.69) is 11.9 Å². The minimum atomic E-state index is 0.667. The lowest BCUT2D eigenvalue weighted by atomic mass is 10.1. The monoisotopic (exact) mass is 265 g/mol. The molecule has 4 nitrogen and oxygen atoms in total. The molecule has 1 fully saturated rings. The number of rotatable bonds is 6. The molecule has 4 heteroatoms. The Balaban J connectivity index is 1.85. The van der Waals surface area contributed by atoms with Gasteiger partial charge in [-0.3, -0.25) is 0 Å². The molecule has 1 aliphatic heterocycles. The van der Waals surface area contributed by atoms with E-state index in [-0.39, 0.29) is 0 Å². The summed E-state index contributed by atoms with van der Waals surface area (Å²) in [4.78, 5) is 2.41. The fourth-order valence-corrected chi connectivity index (χ4v) is 2.56. The van der Waals surface area contributed by atoms with Crippen molar-refractivity contribution in [2.45, 2.75) is 25.3 Å². The van der Waals surface area contributed by atoms with Gasteiger partial charge in [-0.15, -0.1) is 0 Å². The van der Waals surface area contributed by atoms with E-state index in [0.29, 0.717) is 11.8 Å². The SMILES string of the molecule is COc1ccc(OCCC2CCCN2C)cc1OC. The van der Waals surface area contributed by atoms with Crippen molar-refractivity contribution < 1.29 is 14.2 Å². The number of benzene rings is 1. The zero-order valence-corrected chi connectivity index (χ0v) is 12.0. The van der Waals surface area contributed by atoms with Crippen LogP contribution < -0.4 is 14.2 Å². The van der Waals surface area contributed by atoms with Gasteiger partial charge in [-0.25, -0.2) is 0 Å². The van der Waals surface area contributed by atoms with Crippen LogP contribution in [0.3, 0.4) is 0 Å². The van der Waals surface area contributed by atoms with Crippen molar-refractivity contribution in [1.29, 1.82) is 0 Å². The first-order valence-electron chi connectivity index (χ1n) is 6.79. The Morgan fingerprint density at radius 2 is 2.00 bits per heavy atom. The molecule has 1 atom stereocenters. The Kier molecular flexibility index (Phi) is 4.91. The molecule has 1 saturated heterocycles. The molecule has 0 radical (unpaired) electrons. The molecule has 106 valence electrons. The number of likely N-dealkylation sites (tertiary alicyclic amines) is 1. The van der Waals surface area contributed by atoms with Crippen molar-refractivity contribution in [3.8, 4) is 17.2 Å². The summed E-state index contributed by atoms with van der Waals surface area (Å²) in [6.45, 7) is 1.95. The van der Waals surface area contributed by atoms with Crippen LogP contribution in [0.1, 0.15) is 19.3 Å². The Hall–Kier alpha value is -1.42. The van der Waals surface area contributed by atoms with E-state index in [1.54, 1.807) is 14.2 Å². The van der Waals surface area contributed by atoms with Crippen molar-refractivity contribution in [2.24, 2.45) is 0 Å². The van der Waals surface area contributed by atoms with Gasteiger partial charge in [0.25, 0.3) is 0 Å². The Morgan fingerprint density at radius 3 is 2.63 bits per heavy atom. The lowest BCUT2D eigenvalue weighted by Gasteiger charge is -2.19. The summed E-state index contributed by atoms with van der Waals surface area (Å²) in [7, 11) is 5.46. The smallest absolute Gasteiger partial charge is 0.164 e. The largest absolute Gasteiger partial charge is 0.493 e. The predicted octanol–water partition coefficient (Wildman–Crippen LogP) is 2.57. The summed E-state index contributed by atoms with van der Waals surface area (Å²) >= 11 is 0. The predicted molar refractivity (Wildman–Crippen MR) is 75.3 cm³/mol. The summed E-state index contributed by atoms with van der Waals surface area (Å²) in [5, 5.41) is 0. The standard InChI is InChI=1S/C15H23NO3/c1-16-9-4-5-12(16)8-10-19-13-6-7-14(17-2)15(11-13)18-3/h6-7,11-12H,4-5,8-10H2,1-3H3. The molecule has 0 aromatic heterocycles. The van der Waals surface area contributed by atoms with E-state index in [1.165, 1.54) is 19.4 Å². The minimum Gasteiger partial charge on any atom is -0.493 e. The van der Waals surface area contributed by atoms with Crippen molar-refractivity contribution >= 4 is 0 Å². The number of hydrogen-bond acceptors (Lipinski definition) is 4. The van der Waals surface area contributed by atoms with Gasteiger partial charge >= 0.3 is 0 Å². The molecule has 1 aromatic rings. The highest BCUT2D eigenvalue weighted by Crippen LogP contribution is 2.31. The highest BCUT2D eigenvalue weighted by atomic mass is 16.5. The van der Waals surface area contributed by atoms with E-state index in [0.717, 1.165) is 24.5 Å². The fraction of sp³-hybridized carbons (Fsp3) is 0.600. The number of hydrogen-bond donors (Lipinski definition) is 0. The molecule has 2 rings (SSSR count). The number of nitrogens with zero attached hydrogens (tertiary/aromatic N) is 1. The van der Waals surface area contributed by atoms with E-state index in [1.807, 2.05) is 18.2 Å². The summed E-state index contributed by atoms with van der Waals surface area (Å²) in [6, 6.07) is 6.33. The molecule has 1 heterocycles. The highest BCUT2D eigenvalue weighted by Gasteiger charge is 2.20. The first kappa shape index (κ1) is 14.0. The van der Waals surface area contributed by atoms with Gasteiger partial charge in [0, 0.05) is 12.1 Å². The van der Waals surface area contributed by atoms with Crippen LogP contribution in [0, 0.1) is 0 Å². The van der Waals surface area contributed by atoms with E-state index < -0.39 is 0 Å². The first-order valence-corrected chi connectivity index (χ1v) is 6.79. The average Bonchev–Trinajstić information content (AvgIpc) is 2.84. The maximum absolute atomic E-state index is 5.80. The van der Waals surface area contributed by atoms with Crippen molar-refractivity contribution in [2.75, 3.05) is 34.4 Å². The molecule has 0 N–H and O–H groups in total. The molecule has 0 spiro atoms. The molecule has 1 aliphatic rings. The highest BCUT2D eigenvalue weighted by molar-refractivity contribution is 5.45. The Bertz CT molecular complexity index is 408. The lowest BCUT2D eigenvalue weighted by Crippen LogP contribution is -2.26. The number of methoxy groups -OCH3 is 2. The van der Waals surface area contributed by atoms with Gasteiger partial charge in [0.2, 0.25) is 0 Å². The second kappa shape index (κ2) is 6.66. The van der Waals surface area contributed by atoms with Crippen LogP contribution in [0.2, 0.25) is 0 Å². The Morgan fingerprint density at radius 1 is 1.21 bits per heavy atom. The summed E-state index contributed by atoms with van der Waals surface area (Å²) in [5.74, 6) is 2.27. The first-order chi connectivity index (χ1) is 9.24. The molecule has 0 bridgehead atoms. The normalized spacial score (nSPS) is 19.4. The van der Waals surface area contributed by atoms with E-state index >= 15 is 0 Å². The minimum absolute atomic E-state index is 0.667. The third-order valence-corrected chi connectivity index (χ3v) is 3.75. The van der Waals surface area contributed by atoms with Gasteiger partial charge in [-0.2, -0.15) is 0 Å². The van der Waals surface area contributed by atoms with Gasteiger partial charge in [-0.1, -0.05) is 0 Å². The quantitative estimate of drug-likeness (QED) is 0.791. The molecule has 1 unspecified atom stereocenters. The van der Waals surface area contributed by atoms with Crippen LogP contribution in [-0.4, -0.2) is 45.4 Å². The van der Waals surface area contributed by atoms with Crippen molar-refractivity contribution in [3.05, 3.63) is 18.2 Å². The van der Waals surface area contributed by atoms with Crippen LogP contribution in [0.4, 0.5) is 0 Å². The second-order valence-corrected chi connectivity index (χ2v) is 4.93. The maximum Gasteiger partial charge on any atom is 0.164 e. The molecular formula is C15H23NO3. The van der Waals surface area contributed by atoms with Gasteiger partial charge in [-0.05, 0) is 45.0 Å². The Labute approximate surface area is 115 Å². The van der Waals surface area contributed by atoms with Gasteiger partial charge in [0.15, 0.2) is 11.5 Å². The van der Waals surface area contributed by atoms with Gasteiger partial charge in [0.05, 0.1) is 20.8 Å². The van der Waals surface area contributed by atoms with Crippen LogP contribution in [0.15, 0.2) is 18.2 Å². The molecule has 0 saturated carbocycles. The van der Waals surface area contributed by atoms with Gasteiger partial charge in [0.1, 0.15) is 5.75 Å². The third-order valence-electron chi connectivity index (χ3n) is 3.75. The maximum atomic E-state index is 5.80. The third kappa shape index (κ3) is 3.53.